The van der Waals surface area contributed by atoms with Crippen LogP contribution in [-0.2, 0) is 6.42 Å². The van der Waals surface area contributed by atoms with Crippen LogP contribution >= 0.6 is 0 Å². The van der Waals surface area contributed by atoms with Crippen LogP contribution in [0.15, 0.2) is 0 Å². The fourth-order valence-corrected chi connectivity index (χ4v) is 4.74. The van der Waals surface area contributed by atoms with Gasteiger partial charge in [-0.05, 0) is 132 Å². The summed E-state index contributed by atoms with van der Waals surface area (Å²) in [5, 5.41) is 0. The van der Waals surface area contributed by atoms with Crippen molar-refractivity contribution in [2.75, 3.05) is 4.90 Å². The molecule has 0 saturated carbocycles. The van der Waals surface area contributed by atoms with Crippen LogP contribution in [-0.4, -0.2) is 5.54 Å². The minimum Gasteiger partial charge on any atom is -0.335 e. The van der Waals surface area contributed by atoms with E-state index in [1.54, 1.807) is 0 Å². The Morgan fingerprint density at radius 3 is 1.12 bits per heavy atom. The standard InChI is InChI=1S/C25H35N/c1-13-15(3)19(7)23-21(17(13)5)12-22-18(6)14(2)16(4)20(8)24(22)26(23)25(9,10)11/h12H2,1-11H3. The molecule has 0 saturated heterocycles. The van der Waals surface area contributed by atoms with Gasteiger partial charge < -0.3 is 4.90 Å². The first kappa shape index (κ1) is 19.0. The normalized spacial score (nSPS) is 13.7. The van der Waals surface area contributed by atoms with E-state index in [0.29, 0.717) is 0 Å². The maximum atomic E-state index is 2.64. The molecular weight excluding hydrogens is 314 g/mol. The van der Waals surface area contributed by atoms with Crippen LogP contribution in [0.2, 0.25) is 0 Å². The van der Waals surface area contributed by atoms with Crippen molar-refractivity contribution in [1.82, 2.24) is 0 Å². The minimum absolute atomic E-state index is 0.0295. The highest BCUT2D eigenvalue weighted by Gasteiger charge is 2.36. The molecule has 0 aromatic heterocycles. The van der Waals surface area contributed by atoms with Gasteiger partial charge in [0.05, 0.1) is 0 Å². The number of nitrogens with zero attached hydrogens (tertiary/aromatic N) is 1. The summed E-state index contributed by atoms with van der Waals surface area (Å²) in [6, 6.07) is 0. The lowest BCUT2D eigenvalue weighted by atomic mass is 9.79. The summed E-state index contributed by atoms with van der Waals surface area (Å²) in [5.74, 6) is 0. The maximum Gasteiger partial charge on any atom is 0.0487 e. The zero-order valence-corrected chi connectivity index (χ0v) is 18.7. The first-order chi connectivity index (χ1) is 11.9. The van der Waals surface area contributed by atoms with E-state index in [4.69, 9.17) is 0 Å². The average Bonchev–Trinajstić information content (AvgIpc) is 2.58. The Bertz CT molecular complexity index is 854. The third-order valence-corrected chi connectivity index (χ3v) is 7.03. The largest absolute Gasteiger partial charge is 0.335 e. The van der Waals surface area contributed by atoms with Crippen molar-refractivity contribution in [3.05, 3.63) is 55.6 Å². The third kappa shape index (κ3) is 2.43. The van der Waals surface area contributed by atoms with E-state index in [1.807, 2.05) is 0 Å². The highest BCUT2D eigenvalue weighted by Crippen LogP contribution is 2.50. The molecule has 140 valence electrons. The quantitative estimate of drug-likeness (QED) is 0.495. The van der Waals surface area contributed by atoms with Crippen molar-refractivity contribution in [1.29, 1.82) is 0 Å². The van der Waals surface area contributed by atoms with Crippen LogP contribution in [0.5, 0.6) is 0 Å². The van der Waals surface area contributed by atoms with Crippen molar-refractivity contribution in [3.63, 3.8) is 0 Å². The summed E-state index contributed by atoms with van der Waals surface area (Å²) in [7, 11) is 0. The monoisotopic (exact) mass is 349 g/mol. The highest BCUT2D eigenvalue weighted by atomic mass is 15.2. The van der Waals surface area contributed by atoms with E-state index < -0.39 is 0 Å². The lowest BCUT2D eigenvalue weighted by Crippen LogP contribution is -2.42. The van der Waals surface area contributed by atoms with Crippen LogP contribution < -0.4 is 4.90 Å². The molecule has 0 amide bonds. The number of rotatable bonds is 0. The van der Waals surface area contributed by atoms with Gasteiger partial charge in [0.1, 0.15) is 0 Å². The van der Waals surface area contributed by atoms with E-state index >= 15 is 0 Å². The van der Waals surface area contributed by atoms with Crippen molar-refractivity contribution in [2.45, 2.75) is 88.1 Å². The Kier molecular flexibility index (Phi) is 4.30. The van der Waals surface area contributed by atoms with Gasteiger partial charge in [0.2, 0.25) is 0 Å². The second kappa shape index (κ2) is 5.87. The number of anilines is 2. The smallest absolute Gasteiger partial charge is 0.0487 e. The Morgan fingerprint density at radius 2 is 0.808 bits per heavy atom. The molecule has 0 unspecified atom stereocenters. The van der Waals surface area contributed by atoms with Crippen LogP contribution in [0.1, 0.15) is 76.4 Å². The second-order valence-electron chi connectivity index (χ2n) is 9.34. The topological polar surface area (TPSA) is 3.24 Å². The van der Waals surface area contributed by atoms with Crippen LogP contribution in [0, 0.1) is 55.4 Å². The van der Waals surface area contributed by atoms with Crippen molar-refractivity contribution >= 4 is 11.4 Å². The van der Waals surface area contributed by atoms with Crippen LogP contribution in [0.25, 0.3) is 0 Å². The van der Waals surface area contributed by atoms with Crippen molar-refractivity contribution in [2.24, 2.45) is 0 Å². The summed E-state index contributed by atoms with van der Waals surface area (Å²) in [5.41, 5.74) is 17.6. The third-order valence-electron chi connectivity index (χ3n) is 7.03. The van der Waals surface area contributed by atoms with Crippen molar-refractivity contribution in [3.8, 4) is 0 Å². The van der Waals surface area contributed by atoms with E-state index in [-0.39, 0.29) is 5.54 Å². The molecule has 2 aromatic carbocycles. The van der Waals surface area contributed by atoms with Gasteiger partial charge in [-0.3, -0.25) is 0 Å². The highest BCUT2D eigenvalue weighted by molar-refractivity contribution is 5.84. The zero-order valence-electron chi connectivity index (χ0n) is 18.7. The number of benzene rings is 2. The SMILES string of the molecule is Cc1c(C)c(C)c2c(c1C)Cc1c(C)c(C)c(C)c(C)c1N2C(C)(C)C. The molecule has 0 spiro atoms. The molecule has 0 radical (unpaired) electrons. The van der Waals surface area contributed by atoms with E-state index in [9.17, 15) is 0 Å². The fraction of sp³-hybridized carbons (Fsp3) is 0.520. The predicted octanol–water partition coefficient (Wildman–Crippen LogP) is 6.99. The van der Waals surface area contributed by atoms with E-state index in [2.05, 4.69) is 81.1 Å². The Morgan fingerprint density at radius 1 is 0.500 bits per heavy atom. The molecule has 1 aliphatic heterocycles. The predicted molar refractivity (Wildman–Crippen MR) is 115 cm³/mol. The summed E-state index contributed by atoms with van der Waals surface area (Å²) < 4.78 is 0. The minimum atomic E-state index is 0.0295. The maximum absolute atomic E-state index is 2.64. The number of hydrogen-bond acceptors (Lipinski definition) is 1. The molecule has 2 aromatic rings. The average molecular weight is 350 g/mol. The van der Waals surface area contributed by atoms with Crippen molar-refractivity contribution < 1.29 is 0 Å². The summed E-state index contributed by atoms with van der Waals surface area (Å²) in [6.07, 6.45) is 1.05. The molecule has 0 fully saturated rings. The fourth-order valence-electron chi connectivity index (χ4n) is 4.74. The number of fused-ring (bicyclic) bond motifs is 2. The van der Waals surface area contributed by atoms with Gasteiger partial charge in [-0.2, -0.15) is 0 Å². The first-order valence-electron chi connectivity index (χ1n) is 9.88. The van der Waals surface area contributed by atoms with Crippen LogP contribution in [0.3, 0.4) is 0 Å². The lowest BCUT2D eigenvalue weighted by molar-refractivity contribution is 0.551. The molecule has 1 aliphatic rings. The summed E-state index contributed by atoms with van der Waals surface area (Å²) in [4.78, 5) is 2.64. The van der Waals surface area contributed by atoms with Gasteiger partial charge in [0.15, 0.2) is 0 Å². The summed E-state index contributed by atoms with van der Waals surface area (Å²) >= 11 is 0. The molecule has 0 aliphatic carbocycles. The Hall–Kier alpha value is -1.76. The Labute approximate surface area is 160 Å². The van der Waals surface area contributed by atoms with Gasteiger partial charge in [0, 0.05) is 23.3 Å². The van der Waals surface area contributed by atoms with Gasteiger partial charge in [-0.25, -0.2) is 0 Å². The summed E-state index contributed by atoms with van der Waals surface area (Å²) in [6.45, 7) is 25.4. The molecule has 26 heavy (non-hydrogen) atoms. The van der Waals surface area contributed by atoms with Gasteiger partial charge in [0.25, 0.3) is 0 Å². The zero-order chi connectivity index (χ0) is 19.7. The van der Waals surface area contributed by atoms with E-state index in [0.717, 1.165) is 6.42 Å². The van der Waals surface area contributed by atoms with Gasteiger partial charge >= 0.3 is 0 Å². The molecule has 1 heteroatoms. The molecule has 0 atom stereocenters. The van der Waals surface area contributed by atoms with Crippen LogP contribution in [0.4, 0.5) is 11.4 Å². The van der Waals surface area contributed by atoms with Gasteiger partial charge in [-0.15, -0.1) is 0 Å². The Balaban J connectivity index is 2.51. The molecule has 1 nitrogen and oxygen atoms in total. The van der Waals surface area contributed by atoms with E-state index in [1.165, 1.54) is 67.0 Å². The first-order valence-corrected chi connectivity index (χ1v) is 9.88. The number of hydrogen-bond donors (Lipinski definition) is 0. The molecular formula is C25H35N. The van der Waals surface area contributed by atoms with Gasteiger partial charge in [-0.1, -0.05) is 0 Å². The second-order valence-corrected chi connectivity index (χ2v) is 9.34. The molecule has 0 bridgehead atoms. The molecule has 3 rings (SSSR count). The molecule has 1 heterocycles. The molecule has 0 N–H and O–H groups in total. The lowest BCUT2D eigenvalue weighted by Gasteiger charge is -2.46.